The van der Waals surface area contributed by atoms with E-state index in [4.69, 9.17) is 15.6 Å². The second kappa shape index (κ2) is 6.15. The molecule has 0 aromatic heterocycles. The molecule has 0 spiro atoms. The lowest BCUT2D eigenvalue weighted by molar-refractivity contribution is -0.148. The number of hydrogen-bond acceptors (Lipinski definition) is 4. The van der Waals surface area contributed by atoms with E-state index >= 15 is 0 Å². The maximum atomic E-state index is 12.1. The van der Waals surface area contributed by atoms with Crippen molar-refractivity contribution in [3.05, 3.63) is 0 Å². The number of rotatable bonds is 5. The highest BCUT2D eigenvalue weighted by Crippen LogP contribution is 2.22. The quantitative estimate of drug-likeness (QED) is 0.727. The first kappa shape index (κ1) is 14.9. The van der Waals surface area contributed by atoms with Crippen LogP contribution in [0.2, 0.25) is 0 Å². The van der Waals surface area contributed by atoms with Gasteiger partial charge in [-0.1, -0.05) is 13.8 Å². The Balaban J connectivity index is 2.73. The number of methoxy groups -OCH3 is 1. The molecule has 2 unspecified atom stereocenters. The van der Waals surface area contributed by atoms with Gasteiger partial charge in [0.05, 0.1) is 12.1 Å². The number of carbonyl (C=O) groups is 2. The number of hydrogen-bond donors (Lipinski definition) is 2. The van der Waals surface area contributed by atoms with E-state index in [9.17, 15) is 9.59 Å². The van der Waals surface area contributed by atoms with Crippen molar-refractivity contribution >= 4 is 11.9 Å². The summed E-state index contributed by atoms with van der Waals surface area (Å²) in [6.07, 6.45) is 0.659. The minimum Gasteiger partial charge on any atom is -0.480 e. The highest BCUT2D eigenvalue weighted by atomic mass is 16.5. The van der Waals surface area contributed by atoms with Crippen LogP contribution >= 0.6 is 0 Å². The second-order valence-corrected chi connectivity index (χ2v) is 5.17. The third-order valence-corrected chi connectivity index (χ3v) is 3.21. The zero-order valence-electron chi connectivity index (χ0n) is 11.1. The molecule has 6 heteroatoms. The molecule has 0 saturated carbocycles. The van der Waals surface area contributed by atoms with Crippen LogP contribution in [0.15, 0.2) is 0 Å². The van der Waals surface area contributed by atoms with Crippen LogP contribution < -0.4 is 5.73 Å². The molecule has 1 saturated heterocycles. The molecule has 1 aliphatic heterocycles. The third-order valence-electron chi connectivity index (χ3n) is 3.21. The SMILES string of the molecule is COC1CC(C(=O)O)N(C(=O)[C@H](N)CC(C)C)C1. The van der Waals surface area contributed by atoms with Gasteiger partial charge in [-0.15, -0.1) is 0 Å². The Bertz CT molecular complexity index is 319. The molecule has 1 heterocycles. The molecule has 0 aromatic carbocycles. The standard InChI is InChI=1S/C12H22N2O4/c1-7(2)4-9(13)11(15)14-6-8(18-3)5-10(14)12(16)17/h7-10H,4-6,13H2,1-3H3,(H,16,17)/t8?,9-,10?/m1/s1. The molecular weight excluding hydrogens is 236 g/mol. The first-order chi connectivity index (χ1) is 8.36. The van der Waals surface area contributed by atoms with Gasteiger partial charge in [-0.2, -0.15) is 0 Å². The van der Waals surface area contributed by atoms with Gasteiger partial charge in [0.25, 0.3) is 0 Å². The molecule has 1 fully saturated rings. The van der Waals surface area contributed by atoms with Crippen molar-refractivity contribution in [3.8, 4) is 0 Å². The van der Waals surface area contributed by atoms with Crippen LogP contribution in [0.4, 0.5) is 0 Å². The molecule has 0 radical (unpaired) electrons. The smallest absolute Gasteiger partial charge is 0.326 e. The monoisotopic (exact) mass is 258 g/mol. The molecule has 0 bridgehead atoms. The van der Waals surface area contributed by atoms with Gasteiger partial charge in [0.15, 0.2) is 0 Å². The molecule has 6 nitrogen and oxygen atoms in total. The summed E-state index contributed by atoms with van der Waals surface area (Å²) >= 11 is 0. The Hall–Kier alpha value is -1.14. The van der Waals surface area contributed by atoms with E-state index in [0.29, 0.717) is 25.3 Å². The molecule has 1 amide bonds. The minimum atomic E-state index is -1.00. The predicted molar refractivity (Wildman–Crippen MR) is 66.0 cm³/mol. The molecule has 0 aliphatic carbocycles. The number of likely N-dealkylation sites (tertiary alicyclic amines) is 1. The van der Waals surface area contributed by atoms with Gasteiger partial charge in [0.1, 0.15) is 6.04 Å². The van der Waals surface area contributed by atoms with Crippen LogP contribution in [0.25, 0.3) is 0 Å². The zero-order chi connectivity index (χ0) is 13.9. The number of nitrogens with zero attached hydrogens (tertiary/aromatic N) is 1. The van der Waals surface area contributed by atoms with E-state index < -0.39 is 18.1 Å². The topological polar surface area (TPSA) is 92.9 Å². The fourth-order valence-electron chi connectivity index (χ4n) is 2.27. The summed E-state index contributed by atoms with van der Waals surface area (Å²) in [6.45, 7) is 4.26. The maximum Gasteiger partial charge on any atom is 0.326 e. The number of nitrogens with two attached hydrogens (primary N) is 1. The number of aliphatic carboxylic acids is 1. The lowest BCUT2D eigenvalue weighted by Gasteiger charge is -2.25. The average Bonchev–Trinajstić information content (AvgIpc) is 2.71. The highest BCUT2D eigenvalue weighted by Gasteiger charge is 2.41. The summed E-state index contributed by atoms with van der Waals surface area (Å²) in [4.78, 5) is 24.6. The van der Waals surface area contributed by atoms with E-state index in [0.717, 1.165) is 0 Å². The van der Waals surface area contributed by atoms with E-state index in [-0.39, 0.29) is 12.0 Å². The van der Waals surface area contributed by atoms with Gasteiger partial charge >= 0.3 is 5.97 Å². The summed E-state index contributed by atoms with van der Waals surface area (Å²) in [5, 5.41) is 9.12. The van der Waals surface area contributed by atoms with Gasteiger partial charge in [0, 0.05) is 20.1 Å². The van der Waals surface area contributed by atoms with Crippen LogP contribution in [0.5, 0.6) is 0 Å². The summed E-state index contributed by atoms with van der Waals surface area (Å²) in [5.74, 6) is -0.997. The van der Waals surface area contributed by atoms with Crippen molar-refractivity contribution in [2.75, 3.05) is 13.7 Å². The van der Waals surface area contributed by atoms with E-state index in [1.54, 1.807) is 0 Å². The highest BCUT2D eigenvalue weighted by molar-refractivity contribution is 5.87. The molecule has 3 N–H and O–H groups in total. The number of ether oxygens (including phenoxy) is 1. The Kier molecular flexibility index (Phi) is 5.10. The molecule has 104 valence electrons. The first-order valence-electron chi connectivity index (χ1n) is 6.18. The maximum absolute atomic E-state index is 12.1. The summed E-state index contributed by atoms with van der Waals surface area (Å²) < 4.78 is 5.13. The van der Waals surface area contributed by atoms with E-state index in [2.05, 4.69) is 0 Å². The zero-order valence-corrected chi connectivity index (χ0v) is 11.1. The van der Waals surface area contributed by atoms with E-state index in [1.165, 1.54) is 12.0 Å². The van der Waals surface area contributed by atoms with Crippen molar-refractivity contribution in [1.29, 1.82) is 0 Å². The fraction of sp³-hybridized carbons (Fsp3) is 0.833. The van der Waals surface area contributed by atoms with Crippen molar-refractivity contribution in [2.45, 2.75) is 44.9 Å². The molecule has 0 aromatic rings. The second-order valence-electron chi connectivity index (χ2n) is 5.17. The van der Waals surface area contributed by atoms with Crippen LogP contribution in [0.1, 0.15) is 26.7 Å². The first-order valence-corrected chi connectivity index (χ1v) is 6.18. The van der Waals surface area contributed by atoms with Gasteiger partial charge in [-0.05, 0) is 12.3 Å². The number of carbonyl (C=O) groups excluding carboxylic acids is 1. The third kappa shape index (κ3) is 3.43. The Morgan fingerprint density at radius 1 is 1.50 bits per heavy atom. The van der Waals surface area contributed by atoms with Crippen molar-refractivity contribution in [3.63, 3.8) is 0 Å². The van der Waals surface area contributed by atoms with Crippen LogP contribution in [-0.4, -0.2) is 53.7 Å². The van der Waals surface area contributed by atoms with Crippen LogP contribution in [-0.2, 0) is 14.3 Å². The van der Waals surface area contributed by atoms with Crippen LogP contribution in [0, 0.1) is 5.92 Å². The van der Waals surface area contributed by atoms with Crippen molar-refractivity contribution in [1.82, 2.24) is 4.90 Å². The molecular formula is C12H22N2O4. The fourth-order valence-corrected chi connectivity index (χ4v) is 2.27. The number of carboxylic acid groups (broad SMARTS) is 1. The Morgan fingerprint density at radius 2 is 2.11 bits per heavy atom. The largest absolute Gasteiger partial charge is 0.480 e. The normalized spacial score (nSPS) is 25.5. The van der Waals surface area contributed by atoms with Gasteiger partial charge in [-0.3, -0.25) is 4.79 Å². The minimum absolute atomic E-state index is 0.221. The van der Waals surface area contributed by atoms with Gasteiger partial charge < -0.3 is 20.5 Å². The van der Waals surface area contributed by atoms with Crippen molar-refractivity contribution in [2.24, 2.45) is 11.7 Å². The molecule has 3 atom stereocenters. The Morgan fingerprint density at radius 3 is 2.56 bits per heavy atom. The average molecular weight is 258 g/mol. The molecule has 1 rings (SSSR count). The van der Waals surface area contributed by atoms with Gasteiger partial charge in [0.2, 0.25) is 5.91 Å². The van der Waals surface area contributed by atoms with Gasteiger partial charge in [-0.25, -0.2) is 4.79 Å². The molecule has 1 aliphatic rings. The van der Waals surface area contributed by atoms with E-state index in [1.807, 2.05) is 13.8 Å². The Labute approximate surface area is 107 Å². The van der Waals surface area contributed by atoms with Crippen molar-refractivity contribution < 1.29 is 19.4 Å². The number of amides is 1. The van der Waals surface area contributed by atoms with Crippen LogP contribution in [0.3, 0.4) is 0 Å². The number of carboxylic acids is 1. The lowest BCUT2D eigenvalue weighted by atomic mass is 10.0. The summed E-state index contributed by atoms with van der Waals surface area (Å²) in [6, 6.07) is -1.46. The summed E-state index contributed by atoms with van der Waals surface area (Å²) in [5.41, 5.74) is 5.82. The summed E-state index contributed by atoms with van der Waals surface area (Å²) in [7, 11) is 1.52. The molecule has 18 heavy (non-hydrogen) atoms. The predicted octanol–water partition coefficient (Wildman–Crippen LogP) is 0.0603. The lowest BCUT2D eigenvalue weighted by Crippen LogP contribution is -2.49.